The average Bonchev–Trinajstić information content (AvgIpc) is 2.98. The first-order chi connectivity index (χ1) is 20.5. The SMILES string of the molecule is CS(=O)(=O)c1cc(OCCCN(Cc2cccc(C(F)(F)F)c2F)CC(c2ccccc2)c2ccccc2)ccc1CO. The van der Waals surface area contributed by atoms with Crippen molar-refractivity contribution in [3.05, 3.63) is 131 Å². The molecule has 0 saturated carbocycles. The van der Waals surface area contributed by atoms with Gasteiger partial charge in [0.1, 0.15) is 11.6 Å². The summed E-state index contributed by atoms with van der Waals surface area (Å²) in [5, 5.41) is 9.49. The zero-order valence-electron chi connectivity index (χ0n) is 23.6. The molecule has 0 aliphatic carbocycles. The number of rotatable bonds is 13. The highest BCUT2D eigenvalue weighted by atomic mass is 32.2. The van der Waals surface area contributed by atoms with E-state index in [1.54, 1.807) is 6.07 Å². The standard InChI is InChI=1S/C33H33F4NO4S/c1-43(40,41)31-20-28(17-16-27(31)23-39)42-19-9-18-38(21-26-14-8-15-30(32(26)34)33(35,36)37)22-29(24-10-4-2-5-11-24)25-12-6-3-7-13-25/h2-8,10-17,20,29,39H,9,18-19,21-23H2,1H3. The second-order valence-electron chi connectivity index (χ2n) is 10.3. The van der Waals surface area contributed by atoms with Gasteiger partial charge in [-0.05, 0) is 41.3 Å². The zero-order chi connectivity index (χ0) is 31.0. The largest absolute Gasteiger partial charge is 0.494 e. The van der Waals surface area contributed by atoms with E-state index in [9.17, 15) is 26.7 Å². The van der Waals surface area contributed by atoms with Crippen molar-refractivity contribution in [3.8, 4) is 5.75 Å². The predicted molar refractivity (Wildman–Crippen MR) is 157 cm³/mol. The van der Waals surface area contributed by atoms with E-state index in [4.69, 9.17) is 4.74 Å². The molecule has 0 atom stereocenters. The van der Waals surface area contributed by atoms with Gasteiger partial charge in [-0.3, -0.25) is 4.90 Å². The number of nitrogens with zero attached hydrogens (tertiary/aromatic N) is 1. The van der Waals surface area contributed by atoms with E-state index in [0.29, 0.717) is 25.3 Å². The van der Waals surface area contributed by atoms with Gasteiger partial charge in [0.15, 0.2) is 9.84 Å². The van der Waals surface area contributed by atoms with Crippen LogP contribution in [-0.4, -0.2) is 44.4 Å². The molecule has 0 aliphatic rings. The van der Waals surface area contributed by atoms with Crippen LogP contribution in [0.4, 0.5) is 17.6 Å². The topological polar surface area (TPSA) is 66.8 Å². The number of hydrogen-bond donors (Lipinski definition) is 1. The minimum absolute atomic E-state index is 0.0253. The number of ether oxygens (including phenoxy) is 1. The number of aliphatic hydroxyl groups is 1. The minimum atomic E-state index is -4.81. The van der Waals surface area contributed by atoms with Crippen molar-refractivity contribution in [2.75, 3.05) is 26.0 Å². The summed E-state index contributed by atoms with van der Waals surface area (Å²) in [5.41, 5.74) is 0.919. The highest BCUT2D eigenvalue weighted by Crippen LogP contribution is 2.33. The maximum absolute atomic E-state index is 15.1. The Balaban J connectivity index is 1.57. The molecule has 228 valence electrons. The number of sulfone groups is 1. The number of hydrogen-bond acceptors (Lipinski definition) is 5. The molecule has 0 bridgehead atoms. The van der Waals surface area contributed by atoms with Gasteiger partial charge in [0.25, 0.3) is 0 Å². The van der Waals surface area contributed by atoms with Gasteiger partial charge in [-0.15, -0.1) is 0 Å². The van der Waals surface area contributed by atoms with Gasteiger partial charge in [-0.2, -0.15) is 13.2 Å². The molecule has 0 saturated heterocycles. The van der Waals surface area contributed by atoms with Gasteiger partial charge < -0.3 is 9.84 Å². The molecular weight excluding hydrogens is 582 g/mol. The fourth-order valence-corrected chi connectivity index (χ4v) is 5.95. The molecular formula is C33H33F4NO4S. The quantitative estimate of drug-likeness (QED) is 0.132. The van der Waals surface area contributed by atoms with E-state index in [2.05, 4.69) is 0 Å². The van der Waals surface area contributed by atoms with Crippen LogP contribution in [0.15, 0.2) is 102 Å². The van der Waals surface area contributed by atoms with Crippen LogP contribution in [-0.2, 0) is 29.2 Å². The monoisotopic (exact) mass is 615 g/mol. The van der Waals surface area contributed by atoms with Crippen LogP contribution in [0.25, 0.3) is 0 Å². The molecule has 10 heteroatoms. The van der Waals surface area contributed by atoms with Crippen LogP contribution in [0.5, 0.6) is 5.75 Å². The lowest BCUT2D eigenvalue weighted by molar-refractivity contribution is -0.140. The molecule has 0 spiro atoms. The number of halogens is 4. The highest BCUT2D eigenvalue weighted by Gasteiger charge is 2.35. The molecule has 5 nitrogen and oxygen atoms in total. The van der Waals surface area contributed by atoms with Crippen molar-refractivity contribution < 1.29 is 35.8 Å². The average molecular weight is 616 g/mol. The van der Waals surface area contributed by atoms with E-state index in [1.807, 2.05) is 65.6 Å². The third kappa shape index (κ3) is 8.65. The molecule has 0 amide bonds. The molecule has 0 radical (unpaired) electrons. The fourth-order valence-electron chi connectivity index (χ4n) is 5.01. The van der Waals surface area contributed by atoms with E-state index in [1.165, 1.54) is 24.3 Å². The summed E-state index contributed by atoms with van der Waals surface area (Å²) < 4.78 is 85.5. The maximum Gasteiger partial charge on any atom is 0.419 e. The second kappa shape index (κ2) is 14.2. The summed E-state index contributed by atoms with van der Waals surface area (Å²) in [4.78, 5) is 1.88. The summed E-state index contributed by atoms with van der Waals surface area (Å²) in [5.74, 6) is -1.12. The van der Waals surface area contributed by atoms with Crippen LogP contribution in [0.3, 0.4) is 0 Å². The summed E-state index contributed by atoms with van der Waals surface area (Å²) in [7, 11) is -3.59. The molecule has 0 aromatic heterocycles. The molecule has 0 fully saturated rings. The van der Waals surface area contributed by atoms with E-state index in [0.717, 1.165) is 23.4 Å². The Hall–Kier alpha value is -3.73. The first-order valence-electron chi connectivity index (χ1n) is 13.7. The molecule has 1 N–H and O–H groups in total. The third-order valence-corrected chi connectivity index (χ3v) is 8.30. The molecule has 0 aliphatic heterocycles. The Morgan fingerprint density at radius 3 is 2.05 bits per heavy atom. The number of alkyl halides is 3. The number of benzene rings is 4. The van der Waals surface area contributed by atoms with E-state index >= 15 is 4.39 Å². The molecule has 4 aromatic rings. The molecule has 0 heterocycles. The van der Waals surface area contributed by atoms with Crippen LogP contribution in [0.2, 0.25) is 0 Å². The highest BCUT2D eigenvalue weighted by molar-refractivity contribution is 7.90. The van der Waals surface area contributed by atoms with Gasteiger partial charge in [0.05, 0.1) is 23.7 Å². The lowest BCUT2D eigenvalue weighted by Gasteiger charge is -2.29. The van der Waals surface area contributed by atoms with Crippen molar-refractivity contribution in [3.63, 3.8) is 0 Å². The van der Waals surface area contributed by atoms with Gasteiger partial charge in [0, 0.05) is 37.4 Å². The van der Waals surface area contributed by atoms with Crippen LogP contribution < -0.4 is 4.74 Å². The minimum Gasteiger partial charge on any atom is -0.494 e. The van der Waals surface area contributed by atoms with Crippen molar-refractivity contribution in [1.82, 2.24) is 4.90 Å². The van der Waals surface area contributed by atoms with Gasteiger partial charge in [-0.1, -0.05) is 78.9 Å². The third-order valence-electron chi connectivity index (χ3n) is 7.12. The van der Waals surface area contributed by atoms with Gasteiger partial charge in [0.2, 0.25) is 0 Å². The Kier molecular flexibility index (Phi) is 10.6. The Morgan fingerprint density at radius 2 is 1.49 bits per heavy atom. The number of aliphatic hydroxyl groups excluding tert-OH is 1. The summed E-state index contributed by atoms with van der Waals surface area (Å²) >= 11 is 0. The van der Waals surface area contributed by atoms with Crippen LogP contribution in [0, 0.1) is 5.82 Å². The molecule has 4 aromatic carbocycles. The summed E-state index contributed by atoms with van der Waals surface area (Å²) in [6.07, 6.45) is -3.34. The summed E-state index contributed by atoms with van der Waals surface area (Å²) in [6.45, 7) is 0.431. The molecule has 4 rings (SSSR count). The van der Waals surface area contributed by atoms with Crippen LogP contribution >= 0.6 is 0 Å². The van der Waals surface area contributed by atoms with Crippen molar-refractivity contribution in [1.29, 1.82) is 0 Å². The van der Waals surface area contributed by atoms with E-state index in [-0.39, 0.29) is 35.1 Å². The lowest BCUT2D eigenvalue weighted by Crippen LogP contribution is -2.31. The zero-order valence-corrected chi connectivity index (χ0v) is 24.4. The normalized spacial score (nSPS) is 12.2. The second-order valence-corrected chi connectivity index (χ2v) is 12.3. The Morgan fingerprint density at radius 1 is 0.860 bits per heavy atom. The maximum atomic E-state index is 15.1. The first kappa shape index (κ1) is 32.2. The Labute approximate surface area is 249 Å². The lowest BCUT2D eigenvalue weighted by atomic mass is 9.90. The van der Waals surface area contributed by atoms with Crippen LogP contribution in [0.1, 0.15) is 40.2 Å². The van der Waals surface area contributed by atoms with Crippen molar-refractivity contribution in [2.45, 2.75) is 36.6 Å². The van der Waals surface area contributed by atoms with E-state index < -0.39 is 34.0 Å². The summed E-state index contributed by atoms with van der Waals surface area (Å²) in [6, 6.07) is 27.1. The molecule has 43 heavy (non-hydrogen) atoms. The Bertz CT molecular complexity index is 1560. The predicted octanol–water partition coefficient (Wildman–Crippen LogP) is 6.84. The molecule has 0 unspecified atom stereocenters. The van der Waals surface area contributed by atoms with Crippen molar-refractivity contribution in [2.24, 2.45) is 0 Å². The van der Waals surface area contributed by atoms with Gasteiger partial charge in [-0.25, -0.2) is 12.8 Å². The fraction of sp³-hybridized carbons (Fsp3) is 0.273. The smallest absolute Gasteiger partial charge is 0.419 e. The van der Waals surface area contributed by atoms with Crippen molar-refractivity contribution >= 4 is 9.84 Å². The first-order valence-corrected chi connectivity index (χ1v) is 15.6. The van der Waals surface area contributed by atoms with Gasteiger partial charge >= 0.3 is 6.18 Å².